The van der Waals surface area contributed by atoms with Gasteiger partial charge in [-0.1, -0.05) is 66.5 Å². The number of aryl methyl sites for hydroxylation is 3. The summed E-state index contributed by atoms with van der Waals surface area (Å²) in [6.07, 6.45) is 15.6. The molecule has 0 bridgehead atoms. The lowest BCUT2D eigenvalue weighted by Gasteiger charge is -2.32. The number of carbonyl (C=O) groups excluding carboxylic acids is 2. The van der Waals surface area contributed by atoms with Crippen molar-refractivity contribution in [3.63, 3.8) is 0 Å². The van der Waals surface area contributed by atoms with Crippen molar-refractivity contribution in [2.24, 2.45) is 22.2 Å². The molecule has 0 unspecified atom stereocenters. The summed E-state index contributed by atoms with van der Waals surface area (Å²) in [6, 6.07) is 12.5. The highest BCUT2D eigenvalue weighted by molar-refractivity contribution is 7.13. The van der Waals surface area contributed by atoms with E-state index in [0.717, 1.165) is 69.7 Å². The van der Waals surface area contributed by atoms with Crippen LogP contribution < -0.4 is 9.47 Å². The second-order valence-corrected chi connectivity index (χ2v) is 21.7. The van der Waals surface area contributed by atoms with Crippen LogP contribution in [0.25, 0.3) is 22.5 Å². The van der Waals surface area contributed by atoms with E-state index in [1.165, 1.54) is 16.7 Å². The molecule has 0 N–H and O–H groups in total. The number of nitrogens with zero attached hydrogens (tertiary/aromatic N) is 5. The number of carbonyl (C=O) groups is 2. The molecule has 366 valence electrons. The zero-order valence-corrected chi connectivity index (χ0v) is 44.6. The van der Waals surface area contributed by atoms with Crippen LogP contribution in [0.5, 0.6) is 11.5 Å². The molecule has 0 saturated heterocycles. The van der Waals surface area contributed by atoms with Crippen molar-refractivity contribution in [1.82, 2.24) is 14.5 Å². The number of Topliss-reactive ketones (excluding diaryl/α,β-unsaturated/α-hetero) is 1. The van der Waals surface area contributed by atoms with Crippen molar-refractivity contribution in [3.8, 4) is 46.3 Å². The molecule has 0 saturated carbocycles. The van der Waals surface area contributed by atoms with Crippen LogP contribution in [0, 0.1) is 47.8 Å². The standard InChI is InChI=1S/C27H35N3O2S.C27H28N2O3.C4H10/c1-16(2)13-19-14-21-18(15-22(19)32-8)9-10-20-23(26(31)29(7)27(4,5)6)28-25(30(20)21)24-17(3)11-12-33-24;1-6-19-14-20-11-12-22(16-28)29-25(18(2)9-10-21(20)15-24(19)31-5)26(30)23-8-7-13-32-17-27(23,3)4;1-4(2)3/h11-12,14-16H,9-10,13H2,1-8H3;1,8,11-12,14-15H,7,9-10,13,17H2,2-5H3;4H,1-3H3/b;12-11?,25-18+,29-22?;. The number of hydrogen-bond donors (Lipinski definition) is 0. The number of ketones is 1. The molecule has 3 aliphatic heterocycles. The zero-order valence-electron chi connectivity index (χ0n) is 43.8. The number of amides is 1. The fourth-order valence-electron chi connectivity index (χ4n) is 8.39. The summed E-state index contributed by atoms with van der Waals surface area (Å²) in [6.45, 7) is 26.2. The highest BCUT2D eigenvalue weighted by Gasteiger charge is 2.35. The average molecular weight is 952 g/mol. The minimum Gasteiger partial charge on any atom is -0.496 e. The van der Waals surface area contributed by atoms with Gasteiger partial charge < -0.3 is 19.1 Å². The van der Waals surface area contributed by atoms with Crippen molar-refractivity contribution in [2.45, 2.75) is 127 Å². The van der Waals surface area contributed by atoms with Crippen LogP contribution in [0.1, 0.15) is 139 Å². The topological polar surface area (TPSA) is 119 Å². The van der Waals surface area contributed by atoms with Crippen LogP contribution in [-0.4, -0.2) is 71.9 Å². The summed E-state index contributed by atoms with van der Waals surface area (Å²) >= 11 is 1.68. The molecule has 69 heavy (non-hydrogen) atoms. The Balaban J connectivity index is 0.000000239. The van der Waals surface area contributed by atoms with Crippen LogP contribution in [0.2, 0.25) is 0 Å². The lowest BCUT2D eigenvalue weighted by molar-refractivity contribution is -0.113. The van der Waals surface area contributed by atoms with Gasteiger partial charge in [0.2, 0.25) is 5.78 Å². The Kier molecular flexibility index (Phi) is 18.0. The smallest absolute Gasteiger partial charge is 0.274 e. The van der Waals surface area contributed by atoms with Gasteiger partial charge in [-0.25, -0.2) is 9.98 Å². The normalized spacial score (nSPS) is 16.3. The largest absolute Gasteiger partial charge is 0.496 e. The predicted octanol–water partition coefficient (Wildman–Crippen LogP) is 12.6. The summed E-state index contributed by atoms with van der Waals surface area (Å²) < 4.78 is 19.1. The van der Waals surface area contributed by atoms with E-state index in [2.05, 4.69) is 107 Å². The molecule has 0 fully saturated rings. The number of rotatable bonds is 8. The molecular formula is C58H73N5O5S. The molecule has 3 aliphatic rings. The first-order valence-corrected chi connectivity index (χ1v) is 25.0. The van der Waals surface area contributed by atoms with Gasteiger partial charge in [0.15, 0.2) is 11.5 Å². The lowest BCUT2D eigenvalue weighted by atomic mass is 9.80. The maximum atomic E-state index is 13.6. The van der Waals surface area contributed by atoms with E-state index in [1.807, 2.05) is 52.1 Å². The van der Waals surface area contributed by atoms with Crippen molar-refractivity contribution in [2.75, 3.05) is 34.5 Å². The van der Waals surface area contributed by atoms with Crippen LogP contribution in [-0.2, 0) is 35.2 Å². The number of aliphatic imine (C=N–C) groups is 1. The Labute approximate surface area is 416 Å². The van der Waals surface area contributed by atoms with Crippen LogP contribution in [0.3, 0.4) is 0 Å². The predicted molar refractivity (Wildman–Crippen MR) is 283 cm³/mol. The number of ether oxygens (including phenoxy) is 3. The van der Waals surface area contributed by atoms with E-state index in [-0.39, 0.29) is 22.9 Å². The van der Waals surface area contributed by atoms with Gasteiger partial charge in [0.1, 0.15) is 29.0 Å². The van der Waals surface area contributed by atoms with Crippen LogP contribution >= 0.6 is 11.3 Å². The van der Waals surface area contributed by atoms with Crippen LogP contribution in [0.15, 0.2) is 69.7 Å². The van der Waals surface area contributed by atoms with E-state index in [1.54, 1.807) is 36.5 Å². The van der Waals surface area contributed by atoms with E-state index in [0.29, 0.717) is 66.7 Å². The maximum absolute atomic E-state index is 13.6. The summed E-state index contributed by atoms with van der Waals surface area (Å²) in [5, 5.41) is 11.8. The summed E-state index contributed by atoms with van der Waals surface area (Å²) in [5.74, 6) is 6.27. The summed E-state index contributed by atoms with van der Waals surface area (Å²) in [4.78, 5) is 39.6. The van der Waals surface area contributed by atoms with Gasteiger partial charge in [0, 0.05) is 23.6 Å². The molecule has 7 rings (SSSR count). The number of hydrogen-bond acceptors (Lipinski definition) is 9. The van der Waals surface area contributed by atoms with Gasteiger partial charge in [-0.2, -0.15) is 5.26 Å². The molecule has 0 aliphatic carbocycles. The monoisotopic (exact) mass is 952 g/mol. The summed E-state index contributed by atoms with van der Waals surface area (Å²) in [7, 11) is 5.20. The van der Waals surface area contributed by atoms with Gasteiger partial charge in [0.05, 0.1) is 49.3 Å². The molecule has 2 aromatic carbocycles. The van der Waals surface area contributed by atoms with Gasteiger partial charge in [-0.15, -0.1) is 17.8 Å². The second kappa shape index (κ2) is 23.1. The molecule has 1 amide bonds. The van der Waals surface area contributed by atoms with E-state index < -0.39 is 5.41 Å². The number of allylic oxidation sites excluding steroid dienone is 3. The molecule has 0 radical (unpaired) electrons. The molecule has 0 spiro atoms. The Hall–Kier alpha value is -6.01. The number of aromatic nitrogens is 2. The fraction of sp³-hybridized carbons (Fsp3) is 0.466. The fourth-order valence-corrected chi connectivity index (χ4v) is 9.30. The minimum atomic E-state index is -0.431. The zero-order chi connectivity index (χ0) is 51.0. The minimum absolute atomic E-state index is 0.0222. The second-order valence-electron chi connectivity index (χ2n) is 20.8. The van der Waals surface area contributed by atoms with E-state index in [9.17, 15) is 14.9 Å². The molecule has 4 aromatic rings. The molecule has 0 atom stereocenters. The Bertz CT molecular complexity index is 2750. The number of benzene rings is 2. The maximum Gasteiger partial charge on any atom is 0.274 e. The SMILES string of the molecule is C#Cc1cc2c(cc1OC)CC/C(C)=C(\C(=O)C1=CCCOCC1(C)C)N=C(C#N)C=C2.CC(C)C.COc1cc2c(cc1CC(C)C)-n1c(-c3sccc3C)nc(C(=O)N(C)C(C)(C)C)c1CC2. The Morgan fingerprint density at radius 2 is 1.65 bits per heavy atom. The van der Waals surface area contributed by atoms with Gasteiger partial charge in [-0.05, 0) is 160 Å². The average Bonchev–Trinajstić information content (AvgIpc) is 3.85. The molecule has 10 nitrogen and oxygen atoms in total. The lowest BCUT2D eigenvalue weighted by Crippen LogP contribution is -2.43. The van der Waals surface area contributed by atoms with Crippen molar-refractivity contribution >= 4 is 34.8 Å². The number of nitriles is 1. The number of imidazole rings is 1. The molecule has 11 heteroatoms. The highest BCUT2D eigenvalue weighted by atomic mass is 32.1. The summed E-state index contributed by atoms with van der Waals surface area (Å²) in [5.41, 5.74) is 10.2. The first kappa shape index (κ1) is 53.9. The molecular weight excluding hydrogens is 879 g/mol. The third-order valence-corrected chi connectivity index (χ3v) is 13.4. The quantitative estimate of drug-likeness (QED) is 0.161. The molecule has 5 heterocycles. The highest BCUT2D eigenvalue weighted by Crippen LogP contribution is 2.40. The van der Waals surface area contributed by atoms with Gasteiger partial charge in [-0.3, -0.25) is 14.2 Å². The van der Waals surface area contributed by atoms with E-state index >= 15 is 0 Å². The van der Waals surface area contributed by atoms with Crippen LogP contribution in [0.4, 0.5) is 0 Å². The van der Waals surface area contributed by atoms with E-state index in [4.69, 9.17) is 25.6 Å². The van der Waals surface area contributed by atoms with Gasteiger partial charge in [0.25, 0.3) is 5.91 Å². The third-order valence-electron chi connectivity index (χ3n) is 12.4. The van der Waals surface area contributed by atoms with Gasteiger partial charge >= 0.3 is 0 Å². The Morgan fingerprint density at radius 1 is 0.986 bits per heavy atom. The Morgan fingerprint density at radius 3 is 2.25 bits per heavy atom. The number of fused-ring (bicyclic) bond motifs is 4. The van der Waals surface area contributed by atoms with Crippen molar-refractivity contribution in [1.29, 1.82) is 5.26 Å². The first-order valence-electron chi connectivity index (χ1n) is 24.1. The number of methoxy groups -OCH3 is 2. The first-order chi connectivity index (χ1) is 32.6. The van der Waals surface area contributed by atoms with Crippen molar-refractivity contribution < 1.29 is 23.8 Å². The third kappa shape index (κ3) is 12.8. The number of terminal acetylenes is 1. The van der Waals surface area contributed by atoms with Crippen molar-refractivity contribution in [3.05, 3.63) is 109 Å². The molecule has 2 aromatic heterocycles. The number of thiophene rings is 1.